The molecule has 1 amide bonds. The minimum Gasteiger partial charge on any atom is -0.342 e. The Bertz CT molecular complexity index is 255. The molecule has 0 radical (unpaired) electrons. The molecule has 1 aliphatic heterocycles. The highest BCUT2D eigenvalue weighted by atomic mass is 16.2. The van der Waals surface area contributed by atoms with E-state index >= 15 is 0 Å². The fourth-order valence-corrected chi connectivity index (χ4v) is 2.04. The van der Waals surface area contributed by atoms with Crippen molar-refractivity contribution in [2.75, 3.05) is 13.1 Å². The summed E-state index contributed by atoms with van der Waals surface area (Å²) in [5, 5.41) is 0. The average molecular weight is 177 g/mol. The molecule has 1 saturated heterocycles. The van der Waals surface area contributed by atoms with Gasteiger partial charge in [-0.1, -0.05) is 0 Å². The van der Waals surface area contributed by atoms with Gasteiger partial charge in [0.25, 0.3) is 0 Å². The molecule has 0 saturated carbocycles. The third kappa shape index (κ3) is 1.85. The van der Waals surface area contributed by atoms with Gasteiger partial charge < -0.3 is 4.90 Å². The second-order valence-corrected chi connectivity index (χ2v) is 3.83. The number of nitrogens with zero attached hydrogens (tertiary/aromatic N) is 1. The number of likely N-dealkylation sites (tertiary alicyclic amines) is 1. The van der Waals surface area contributed by atoms with Crippen LogP contribution < -0.4 is 0 Å². The van der Waals surface area contributed by atoms with Crippen LogP contribution in [0.1, 0.15) is 32.1 Å². The van der Waals surface area contributed by atoms with Crippen LogP contribution in [-0.4, -0.2) is 23.9 Å². The molecule has 2 heteroatoms. The van der Waals surface area contributed by atoms with E-state index in [2.05, 4.69) is 11.8 Å². The Labute approximate surface area is 79.3 Å². The first-order valence-electron chi connectivity index (χ1n) is 5.12. The lowest BCUT2D eigenvalue weighted by Crippen LogP contribution is -2.34. The summed E-state index contributed by atoms with van der Waals surface area (Å²) >= 11 is 0. The first-order chi connectivity index (χ1) is 6.38. The van der Waals surface area contributed by atoms with Gasteiger partial charge in [-0.25, -0.2) is 0 Å². The predicted octanol–water partition coefficient (Wildman–Crippen LogP) is 1.41. The van der Waals surface area contributed by atoms with Crippen LogP contribution in [0.3, 0.4) is 0 Å². The van der Waals surface area contributed by atoms with Crippen molar-refractivity contribution < 1.29 is 4.79 Å². The molecule has 0 aromatic heterocycles. The lowest BCUT2D eigenvalue weighted by molar-refractivity contribution is -0.134. The highest BCUT2D eigenvalue weighted by Gasteiger charge is 2.25. The summed E-state index contributed by atoms with van der Waals surface area (Å²) in [6.45, 7) is 1.95. The maximum Gasteiger partial charge on any atom is 0.226 e. The lowest BCUT2D eigenvalue weighted by Gasteiger charge is -2.22. The molecule has 0 aromatic rings. The zero-order chi connectivity index (χ0) is 9.10. The van der Waals surface area contributed by atoms with Crippen molar-refractivity contribution in [3.05, 3.63) is 0 Å². The number of hydrogen-bond acceptors (Lipinski definition) is 1. The molecule has 1 unspecified atom stereocenters. The molecule has 0 bridgehead atoms. The van der Waals surface area contributed by atoms with Crippen LogP contribution in [0, 0.1) is 17.8 Å². The van der Waals surface area contributed by atoms with Crippen LogP contribution in [-0.2, 0) is 4.79 Å². The highest BCUT2D eigenvalue weighted by molar-refractivity contribution is 5.79. The molecule has 0 aromatic carbocycles. The van der Waals surface area contributed by atoms with E-state index in [0.717, 1.165) is 32.4 Å². The Morgan fingerprint density at radius 2 is 2.00 bits per heavy atom. The summed E-state index contributed by atoms with van der Waals surface area (Å²) < 4.78 is 0. The smallest absolute Gasteiger partial charge is 0.226 e. The number of hydrogen-bond donors (Lipinski definition) is 0. The van der Waals surface area contributed by atoms with Crippen molar-refractivity contribution in [2.45, 2.75) is 32.1 Å². The largest absolute Gasteiger partial charge is 0.342 e. The Balaban J connectivity index is 1.93. The number of rotatable bonds is 1. The summed E-state index contributed by atoms with van der Waals surface area (Å²) in [6, 6.07) is 0. The Morgan fingerprint density at radius 3 is 2.62 bits per heavy atom. The molecule has 0 spiro atoms. The van der Waals surface area contributed by atoms with Crippen LogP contribution in [0.4, 0.5) is 0 Å². The molecule has 13 heavy (non-hydrogen) atoms. The maximum atomic E-state index is 11.9. The summed E-state index contributed by atoms with van der Waals surface area (Å²) in [7, 11) is 0. The molecular formula is C11H15NO. The first kappa shape index (κ1) is 8.62. The fourth-order valence-electron chi connectivity index (χ4n) is 2.04. The van der Waals surface area contributed by atoms with Gasteiger partial charge in [-0.05, 0) is 19.3 Å². The van der Waals surface area contributed by atoms with Crippen molar-refractivity contribution in [1.29, 1.82) is 0 Å². The van der Waals surface area contributed by atoms with Crippen LogP contribution >= 0.6 is 0 Å². The van der Waals surface area contributed by atoms with E-state index in [1.54, 1.807) is 0 Å². The molecular weight excluding hydrogens is 162 g/mol. The Morgan fingerprint density at radius 1 is 1.23 bits per heavy atom. The minimum absolute atomic E-state index is 0.208. The van der Waals surface area contributed by atoms with Gasteiger partial charge >= 0.3 is 0 Å². The molecule has 0 N–H and O–H groups in total. The normalized spacial score (nSPS) is 26.8. The Hall–Kier alpha value is -0.970. The fraction of sp³-hybridized carbons (Fsp3) is 0.727. The number of amides is 1. The summed E-state index contributed by atoms with van der Waals surface area (Å²) in [4.78, 5) is 13.9. The molecule has 1 heterocycles. The van der Waals surface area contributed by atoms with E-state index in [1.807, 2.05) is 4.90 Å². The van der Waals surface area contributed by atoms with Gasteiger partial charge in [0.2, 0.25) is 5.91 Å². The summed E-state index contributed by atoms with van der Waals surface area (Å²) in [6.07, 6.45) is 5.04. The standard InChI is InChI=1S/C11H15NO/c13-11(12-8-4-5-9-12)10-6-2-1-3-7-10/h10H,2,4-9H2. The van der Waals surface area contributed by atoms with E-state index in [4.69, 9.17) is 0 Å². The molecule has 1 atom stereocenters. The van der Waals surface area contributed by atoms with Crippen molar-refractivity contribution in [1.82, 2.24) is 4.90 Å². The van der Waals surface area contributed by atoms with Crippen LogP contribution in [0.5, 0.6) is 0 Å². The third-order valence-electron chi connectivity index (χ3n) is 2.86. The Kier molecular flexibility index (Phi) is 2.54. The highest BCUT2D eigenvalue weighted by Crippen LogP contribution is 2.20. The van der Waals surface area contributed by atoms with Crippen molar-refractivity contribution in [3.63, 3.8) is 0 Å². The number of carbonyl (C=O) groups excluding carboxylic acids is 1. The lowest BCUT2D eigenvalue weighted by atomic mass is 9.95. The van der Waals surface area contributed by atoms with Gasteiger partial charge in [0, 0.05) is 31.8 Å². The molecule has 1 aliphatic carbocycles. The van der Waals surface area contributed by atoms with Crippen molar-refractivity contribution >= 4 is 5.91 Å². The zero-order valence-corrected chi connectivity index (χ0v) is 7.88. The van der Waals surface area contributed by atoms with Crippen molar-refractivity contribution in [3.8, 4) is 11.8 Å². The van der Waals surface area contributed by atoms with E-state index in [0.29, 0.717) is 5.91 Å². The molecule has 2 aliphatic rings. The molecule has 2 nitrogen and oxygen atoms in total. The van der Waals surface area contributed by atoms with E-state index < -0.39 is 0 Å². The van der Waals surface area contributed by atoms with Gasteiger partial charge in [-0.2, -0.15) is 0 Å². The van der Waals surface area contributed by atoms with Gasteiger partial charge in [-0.3, -0.25) is 4.79 Å². The summed E-state index contributed by atoms with van der Waals surface area (Å²) in [5.41, 5.74) is 0. The van der Waals surface area contributed by atoms with E-state index in [1.165, 1.54) is 12.8 Å². The SMILES string of the molecule is O=C(C1CC#CCC1)N1CCCC1. The quantitative estimate of drug-likeness (QED) is 0.555. The van der Waals surface area contributed by atoms with Gasteiger partial charge in [0.15, 0.2) is 0 Å². The van der Waals surface area contributed by atoms with Crippen LogP contribution in [0.2, 0.25) is 0 Å². The van der Waals surface area contributed by atoms with Gasteiger partial charge in [-0.15, -0.1) is 11.8 Å². The summed E-state index contributed by atoms with van der Waals surface area (Å²) in [5.74, 6) is 6.64. The zero-order valence-electron chi connectivity index (χ0n) is 7.88. The van der Waals surface area contributed by atoms with E-state index in [9.17, 15) is 4.79 Å². The minimum atomic E-state index is 0.208. The molecule has 1 fully saturated rings. The number of carbonyl (C=O) groups is 1. The van der Waals surface area contributed by atoms with Crippen LogP contribution in [0.15, 0.2) is 0 Å². The van der Waals surface area contributed by atoms with Gasteiger partial charge in [0.1, 0.15) is 0 Å². The topological polar surface area (TPSA) is 20.3 Å². The van der Waals surface area contributed by atoms with Crippen molar-refractivity contribution in [2.24, 2.45) is 5.92 Å². The monoisotopic (exact) mass is 177 g/mol. The maximum absolute atomic E-state index is 11.9. The molecule has 70 valence electrons. The second-order valence-electron chi connectivity index (χ2n) is 3.83. The second kappa shape index (κ2) is 3.83. The average Bonchev–Trinajstić information content (AvgIpc) is 2.71. The third-order valence-corrected chi connectivity index (χ3v) is 2.86. The predicted molar refractivity (Wildman–Crippen MR) is 50.9 cm³/mol. The first-order valence-corrected chi connectivity index (χ1v) is 5.12. The van der Waals surface area contributed by atoms with E-state index in [-0.39, 0.29) is 5.92 Å². The molecule has 2 rings (SSSR count). The van der Waals surface area contributed by atoms with Crippen LogP contribution in [0.25, 0.3) is 0 Å². The van der Waals surface area contributed by atoms with Gasteiger partial charge in [0.05, 0.1) is 0 Å².